The van der Waals surface area contributed by atoms with Crippen molar-refractivity contribution in [2.45, 2.75) is 18.9 Å². The number of carboxylic acids is 1. The van der Waals surface area contributed by atoms with Gasteiger partial charge in [-0.1, -0.05) is 18.2 Å². The lowest BCUT2D eigenvalue weighted by molar-refractivity contribution is -0.139. The van der Waals surface area contributed by atoms with E-state index in [9.17, 15) is 14.4 Å². The number of amides is 1. The molecule has 0 fully saturated rings. The lowest BCUT2D eigenvalue weighted by Crippen LogP contribution is -2.40. The summed E-state index contributed by atoms with van der Waals surface area (Å²) in [5.41, 5.74) is 0.393. The van der Waals surface area contributed by atoms with Crippen molar-refractivity contribution in [2.24, 2.45) is 0 Å². The summed E-state index contributed by atoms with van der Waals surface area (Å²) in [4.78, 5) is 32.7. The summed E-state index contributed by atoms with van der Waals surface area (Å²) >= 11 is 0. The van der Waals surface area contributed by atoms with Gasteiger partial charge in [-0.3, -0.25) is 4.79 Å². The average molecular weight is 235 g/mol. The van der Waals surface area contributed by atoms with Crippen LogP contribution in [0.2, 0.25) is 0 Å². The molecular weight excluding hydrogens is 222 g/mol. The molecule has 0 saturated carbocycles. The second-order valence-corrected chi connectivity index (χ2v) is 3.47. The Hall–Kier alpha value is -2.17. The molecule has 17 heavy (non-hydrogen) atoms. The Balaban J connectivity index is 2.64. The molecule has 2 N–H and O–H groups in total. The van der Waals surface area contributed by atoms with E-state index in [0.29, 0.717) is 11.8 Å². The molecule has 1 unspecified atom stereocenters. The molecule has 0 aromatic heterocycles. The third-order valence-electron chi connectivity index (χ3n) is 2.21. The number of hydrogen-bond acceptors (Lipinski definition) is 3. The van der Waals surface area contributed by atoms with Crippen molar-refractivity contribution >= 4 is 18.2 Å². The van der Waals surface area contributed by atoms with Crippen LogP contribution in [0.1, 0.15) is 23.2 Å². The molecule has 0 spiro atoms. The van der Waals surface area contributed by atoms with Crippen molar-refractivity contribution in [3.63, 3.8) is 0 Å². The Morgan fingerprint density at radius 1 is 1.29 bits per heavy atom. The van der Waals surface area contributed by atoms with Crippen molar-refractivity contribution < 1.29 is 19.5 Å². The first kappa shape index (κ1) is 12.9. The minimum Gasteiger partial charge on any atom is -0.480 e. The lowest BCUT2D eigenvalue weighted by atomic mass is 10.1. The monoisotopic (exact) mass is 235 g/mol. The second kappa shape index (κ2) is 6.42. The van der Waals surface area contributed by atoms with Gasteiger partial charge in [0.2, 0.25) is 0 Å². The van der Waals surface area contributed by atoms with Gasteiger partial charge in [-0.2, -0.15) is 0 Å². The molecule has 0 radical (unpaired) electrons. The molecule has 5 nitrogen and oxygen atoms in total. The molecule has 0 heterocycles. The van der Waals surface area contributed by atoms with Crippen LogP contribution in [-0.4, -0.2) is 29.3 Å². The molecule has 0 aliphatic rings. The molecule has 90 valence electrons. The third kappa shape index (κ3) is 4.06. The van der Waals surface area contributed by atoms with Gasteiger partial charge in [-0.05, 0) is 18.6 Å². The number of benzene rings is 1. The maximum Gasteiger partial charge on any atom is 0.326 e. The first-order chi connectivity index (χ1) is 8.15. The van der Waals surface area contributed by atoms with Gasteiger partial charge in [0.25, 0.3) is 5.91 Å². The van der Waals surface area contributed by atoms with Gasteiger partial charge < -0.3 is 15.2 Å². The highest BCUT2D eigenvalue weighted by atomic mass is 16.4. The van der Waals surface area contributed by atoms with E-state index in [1.807, 2.05) is 0 Å². The van der Waals surface area contributed by atoms with Crippen LogP contribution in [0, 0.1) is 0 Å². The number of nitrogens with one attached hydrogen (secondary N) is 1. The van der Waals surface area contributed by atoms with Crippen LogP contribution in [0.3, 0.4) is 0 Å². The zero-order chi connectivity index (χ0) is 12.7. The first-order valence-electron chi connectivity index (χ1n) is 5.17. The Labute approximate surface area is 98.4 Å². The fraction of sp³-hybridized carbons (Fsp3) is 0.250. The van der Waals surface area contributed by atoms with Gasteiger partial charge >= 0.3 is 5.97 Å². The molecule has 5 heteroatoms. The summed E-state index contributed by atoms with van der Waals surface area (Å²) in [6, 6.07) is 7.29. The topological polar surface area (TPSA) is 83.5 Å². The van der Waals surface area contributed by atoms with Crippen LogP contribution in [0.15, 0.2) is 30.3 Å². The maximum atomic E-state index is 11.7. The van der Waals surface area contributed by atoms with Crippen molar-refractivity contribution in [3.8, 4) is 0 Å². The molecule has 1 aromatic carbocycles. The Bertz CT molecular complexity index is 402. The normalized spacial score (nSPS) is 11.5. The fourth-order valence-corrected chi connectivity index (χ4v) is 1.32. The standard InChI is InChI=1S/C12H13NO4/c14-8-4-7-10(12(16)17)13-11(15)9-5-2-1-3-6-9/h1-3,5-6,8,10H,4,7H2,(H,13,15)(H,16,17). The number of carbonyl (C=O) groups excluding carboxylic acids is 2. The molecule has 1 rings (SSSR count). The third-order valence-corrected chi connectivity index (χ3v) is 2.21. The van der Waals surface area contributed by atoms with Gasteiger partial charge in [0.1, 0.15) is 12.3 Å². The Morgan fingerprint density at radius 3 is 2.47 bits per heavy atom. The van der Waals surface area contributed by atoms with E-state index >= 15 is 0 Å². The van der Waals surface area contributed by atoms with Crippen molar-refractivity contribution in [2.75, 3.05) is 0 Å². The minimum atomic E-state index is -1.14. The summed E-state index contributed by atoms with van der Waals surface area (Å²) in [5, 5.41) is 11.2. The minimum absolute atomic E-state index is 0.0946. The highest BCUT2D eigenvalue weighted by Gasteiger charge is 2.19. The summed E-state index contributed by atoms with van der Waals surface area (Å²) in [6.45, 7) is 0. The van der Waals surface area contributed by atoms with Crippen LogP contribution in [0.5, 0.6) is 0 Å². The number of aliphatic carboxylic acids is 1. The maximum absolute atomic E-state index is 11.7. The summed E-state index contributed by atoms with van der Waals surface area (Å²) < 4.78 is 0. The van der Waals surface area contributed by atoms with E-state index in [2.05, 4.69) is 5.32 Å². The number of rotatable bonds is 6. The summed E-state index contributed by atoms with van der Waals surface area (Å²) in [7, 11) is 0. The van der Waals surface area contributed by atoms with Gasteiger partial charge in [-0.25, -0.2) is 4.79 Å². The van der Waals surface area contributed by atoms with E-state index in [-0.39, 0.29) is 12.8 Å². The number of hydrogen-bond donors (Lipinski definition) is 2. The molecular formula is C12H13NO4. The smallest absolute Gasteiger partial charge is 0.326 e. The predicted molar refractivity (Wildman–Crippen MR) is 60.6 cm³/mol. The van der Waals surface area contributed by atoms with Crippen LogP contribution in [0.4, 0.5) is 0 Å². The van der Waals surface area contributed by atoms with Crippen LogP contribution < -0.4 is 5.32 Å². The molecule has 1 aromatic rings. The summed E-state index contributed by atoms with van der Waals surface area (Å²) in [6.07, 6.45) is 0.827. The van der Waals surface area contributed by atoms with Gasteiger partial charge in [0.15, 0.2) is 0 Å². The van der Waals surface area contributed by atoms with Gasteiger partial charge in [0.05, 0.1) is 0 Å². The molecule has 1 amide bonds. The molecule has 0 saturated heterocycles. The first-order valence-corrected chi connectivity index (χ1v) is 5.17. The van der Waals surface area contributed by atoms with E-state index in [1.165, 1.54) is 0 Å². The van der Waals surface area contributed by atoms with E-state index in [0.717, 1.165) is 0 Å². The predicted octanol–water partition coefficient (Wildman–Crippen LogP) is 0.849. The molecule has 1 atom stereocenters. The van der Waals surface area contributed by atoms with Gasteiger partial charge in [-0.15, -0.1) is 0 Å². The van der Waals surface area contributed by atoms with Crippen molar-refractivity contribution in [1.29, 1.82) is 0 Å². The Kier molecular flexibility index (Phi) is 4.87. The quantitative estimate of drug-likeness (QED) is 0.716. The fourth-order valence-electron chi connectivity index (χ4n) is 1.32. The van der Waals surface area contributed by atoms with Gasteiger partial charge in [0, 0.05) is 12.0 Å². The van der Waals surface area contributed by atoms with Crippen molar-refractivity contribution in [3.05, 3.63) is 35.9 Å². The zero-order valence-corrected chi connectivity index (χ0v) is 9.13. The number of carboxylic acid groups (broad SMARTS) is 1. The van der Waals surface area contributed by atoms with Crippen LogP contribution in [0.25, 0.3) is 0 Å². The van der Waals surface area contributed by atoms with E-state index < -0.39 is 17.9 Å². The second-order valence-electron chi connectivity index (χ2n) is 3.47. The van der Waals surface area contributed by atoms with E-state index in [4.69, 9.17) is 5.11 Å². The van der Waals surface area contributed by atoms with Crippen LogP contribution >= 0.6 is 0 Å². The Morgan fingerprint density at radius 2 is 1.94 bits per heavy atom. The number of aldehydes is 1. The lowest BCUT2D eigenvalue weighted by Gasteiger charge is -2.12. The number of carbonyl (C=O) groups is 3. The largest absolute Gasteiger partial charge is 0.480 e. The SMILES string of the molecule is O=CCCC(NC(=O)c1ccccc1)C(=O)O. The highest BCUT2D eigenvalue weighted by Crippen LogP contribution is 2.01. The molecule has 0 aliphatic carbocycles. The van der Waals surface area contributed by atoms with Crippen LogP contribution in [-0.2, 0) is 9.59 Å². The van der Waals surface area contributed by atoms with Crippen molar-refractivity contribution in [1.82, 2.24) is 5.32 Å². The zero-order valence-electron chi connectivity index (χ0n) is 9.13. The average Bonchev–Trinajstić information content (AvgIpc) is 2.35. The highest BCUT2D eigenvalue weighted by molar-refractivity contribution is 5.96. The van der Waals surface area contributed by atoms with E-state index in [1.54, 1.807) is 30.3 Å². The molecule has 0 bridgehead atoms. The summed E-state index contributed by atoms with van der Waals surface area (Å²) in [5.74, 6) is -1.60. The molecule has 0 aliphatic heterocycles.